The number of carbonyl (C=O) groups is 1. The zero-order chi connectivity index (χ0) is 16.1. The molecule has 23 heavy (non-hydrogen) atoms. The van der Waals surface area contributed by atoms with Crippen LogP contribution in [0.25, 0.3) is 10.1 Å². The highest BCUT2D eigenvalue weighted by Crippen LogP contribution is 2.21. The molecule has 0 bridgehead atoms. The fourth-order valence-electron chi connectivity index (χ4n) is 2.99. The lowest BCUT2D eigenvalue weighted by molar-refractivity contribution is -0.120. The third-order valence-electron chi connectivity index (χ3n) is 4.18. The van der Waals surface area contributed by atoms with Crippen LogP contribution in [0.4, 0.5) is 0 Å². The van der Waals surface area contributed by atoms with Gasteiger partial charge >= 0.3 is 0 Å². The molecule has 124 valence electrons. The molecule has 1 aromatic heterocycles. The Kier molecular flexibility index (Phi) is 5.65. The molecule has 0 aliphatic carbocycles. The molecule has 0 saturated carbocycles. The second-order valence-corrected chi connectivity index (χ2v) is 7.11. The van der Waals surface area contributed by atoms with Crippen molar-refractivity contribution in [3.8, 4) is 0 Å². The number of thiophene rings is 1. The molecule has 5 heteroatoms. The SMILES string of the molecule is CC(=O)NC1CN(CCCOCCc2ccc3sccc3c2)C1. The van der Waals surface area contributed by atoms with Crippen molar-refractivity contribution in [3.63, 3.8) is 0 Å². The van der Waals surface area contributed by atoms with Gasteiger partial charge in [-0.2, -0.15) is 0 Å². The van der Waals surface area contributed by atoms with Gasteiger partial charge in [-0.1, -0.05) is 12.1 Å². The van der Waals surface area contributed by atoms with Crippen LogP contribution >= 0.6 is 11.3 Å². The maximum absolute atomic E-state index is 10.9. The van der Waals surface area contributed by atoms with Gasteiger partial charge in [0.05, 0.1) is 12.6 Å². The second kappa shape index (κ2) is 7.90. The van der Waals surface area contributed by atoms with Crippen LogP contribution < -0.4 is 5.32 Å². The number of rotatable bonds is 8. The molecular formula is C18H24N2O2S. The molecule has 1 N–H and O–H groups in total. The number of benzene rings is 1. The fraction of sp³-hybridized carbons (Fsp3) is 0.500. The van der Waals surface area contributed by atoms with E-state index in [4.69, 9.17) is 4.74 Å². The number of amides is 1. The first-order chi connectivity index (χ1) is 11.2. The summed E-state index contributed by atoms with van der Waals surface area (Å²) < 4.78 is 7.10. The summed E-state index contributed by atoms with van der Waals surface area (Å²) in [6.45, 7) is 6.16. The molecule has 0 radical (unpaired) electrons. The van der Waals surface area contributed by atoms with Gasteiger partial charge in [0, 0.05) is 37.9 Å². The molecule has 0 atom stereocenters. The molecule has 0 spiro atoms. The van der Waals surface area contributed by atoms with Crippen molar-refractivity contribution < 1.29 is 9.53 Å². The number of nitrogens with one attached hydrogen (secondary N) is 1. The predicted molar refractivity (Wildman–Crippen MR) is 95.0 cm³/mol. The number of hydrogen-bond acceptors (Lipinski definition) is 4. The average molecular weight is 332 g/mol. The molecule has 1 fully saturated rings. The van der Waals surface area contributed by atoms with E-state index in [1.165, 1.54) is 15.6 Å². The van der Waals surface area contributed by atoms with Gasteiger partial charge in [-0.25, -0.2) is 0 Å². The highest BCUT2D eigenvalue weighted by atomic mass is 32.1. The Bertz CT molecular complexity index is 649. The van der Waals surface area contributed by atoms with E-state index in [2.05, 4.69) is 39.9 Å². The van der Waals surface area contributed by atoms with Crippen molar-refractivity contribution >= 4 is 27.3 Å². The van der Waals surface area contributed by atoms with E-state index in [-0.39, 0.29) is 5.91 Å². The van der Waals surface area contributed by atoms with Crippen molar-refractivity contribution in [1.29, 1.82) is 0 Å². The van der Waals surface area contributed by atoms with E-state index in [0.29, 0.717) is 6.04 Å². The number of carbonyl (C=O) groups excluding carboxylic acids is 1. The summed E-state index contributed by atoms with van der Waals surface area (Å²) in [5.41, 5.74) is 1.34. The molecule has 1 aromatic carbocycles. The molecule has 3 rings (SSSR count). The maximum atomic E-state index is 10.9. The molecule has 2 heterocycles. The van der Waals surface area contributed by atoms with Gasteiger partial charge in [-0.3, -0.25) is 9.69 Å². The summed E-state index contributed by atoms with van der Waals surface area (Å²) in [5, 5.41) is 6.41. The van der Waals surface area contributed by atoms with E-state index in [1.807, 2.05) is 0 Å². The van der Waals surface area contributed by atoms with Crippen LogP contribution in [0.5, 0.6) is 0 Å². The highest BCUT2D eigenvalue weighted by Gasteiger charge is 2.26. The third kappa shape index (κ3) is 4.77. The Morgan fingerprint density at radius 1 is 1.35 bits per heavy atom. The monoisotopic (exact) mass is 332 g/mol. The van der Waals surface area contributed by atoms with Gasteiger partial charge in [0.1, 0.15) is 0 Å². The van der Waals surface area contributed by atoms with Crippen LogP contribution in [0.2, 0.25) is 0 Å². The summed E-state index contributed by atoms with van der Waals surface area (Å²) in [6, 6.07) is 9.18. The van der Waals surface area contributed by atoms with E-state index >= 15 is 0 Å². The molecule has 1 saturated heterocycles. The third-order valence-corrected chi connectivity index (χ3v) is 5.08. The summed E-state index contributed by atoms with van der Waals surface area (Å²) in [6.07, 6.45) is 2.02. The number of fused-ring (bicyclic) bond motifs is 1. The van der Waals surface area contributed by atoms with Gasteiger partial charge in [0.15, 0.2) is 0 Å². The molecular weight excluding hydrogens is 308 g/mol. The lowest BCUT2D eigenvalue weighted by Gasteiger charge is -2.39. The van der Waals surface area contributed by atoms with E-state index in [9.17, 15) is 4.79 Å². The van der Waals surface area contributed by atoms with Crippen LogP contribution in [0, 0.1) is 0 Å². The van der Waals surface area contributed by atoms with Crippen molar-refractivity contribution in [3.05, 3.63) is 35.2 Å². The Hall–Kier alpha value is -1.43. The van der Waals surface area contributed by atoms with Gasteiger partial charge in [-0.15, -0.1) is 11.3 Å². The first kappa shape index (κ1) is 16.4. The van der Waals surface area contributed by atoms with E-state index in [1.54, 1.807) is 18.3 Å². The normalized spacial score (nSPS) is 15.7. The smallest absolute Gasteiger partial charge is 0.217 e. The Morgan fingerprint density at radius 2 is 2.22 bits per heavy atom. The van der Waals surface area contributed by atoms with Crippen molar-refractivity contribution in [1.82, 2.24) is 10.2 Å². The van der Waals surface area contributed by atoms with E-state index < -0.39 is 0 Å². The minimum atomic E-state index is 0.0682. The van der Waals surface area contributed by atoms with Crippen molar-refractivity contribution in [2.45, 2.75) is 25.8 Å². The summed E-state index contributed by atoms with van der Waals surface area (Å²) in [4.78, 5) is 13.3. The molecule has 1 aliphatic rings. The second-order valence-electron chi connectivity index (χ2n) is 6.17. The Balaban J connectivity index is 1.24. The number of likely N-dealkylation sites (tertiary alicyclic amines) is 1. The predicted octanol–water partition coefficient (Wildman–Crippen LogP) is 2.67. The van der Waals surface area contributed by atoms with Gasteiger partial charge < -0.3 is 10.1 Å². The highest BCUT2D eigenvalue weighted by molar-refractivity contribution is 7.17. The van der Waals surface area contributed by atoms with Crippen LogP contribution in [0.1, 0.15) is 18.9 Å². The van der Waals surface area contributed by atoms with Crippen LogP contribution in [-0.2, 0) is 16.0 Å². The van der Waals surface area contributed by atoms with Crippen LogP contribution in [-0.4, -0.2) is 49.7 Å². The quantitative estimate of drug-likeness (QED) is 0.756. The minimum absolute atomic E-state index is 0.0682. The molecule has 1 aliphatic heterocycles. The maximum Gasteiger partial charge on any atom is 0.217 e. The van der Waals surface area contributed by atoms with Crippen LogP contribution in [0.3, 0.4) is 0 Å². The topological polar surface area (TPSA) is 41.6 Å². The number of hydrogen-bond donors (Lipinski definition) is 1. The zero-order valence-corrected chi connectivity index (χ0v) is 14.4. The minimum Gasteiger partial charge on any atom is -0.381 e. The molecule has 4 nitrogen and oxygen atoms in total. The average Bonchev–Trinajstić information content (AvgIpc) is 2.94. The van der Waals surface area contributed by atoms with E-state index in [0.717, 1.165) is 45.7 Å². The zero-order valence-electron chi connectivity index (χ0n) is 13.6. The first-order valence-corrected chi connectivity index (χ1v) is 9.12. The lowest BCUT2D eigenvalue weighted by Crippen LogP contribution is -2.59. The first-order valence-electron chi connectivity index (χ1n) is 8.24. The van der Waals surface area contributed by atoms with Crippen molar-refractivity contribution in [2.75, 3.05) is 32.8 Å². The fourth-order valence-corrected chi connectivity index (χ4v) is 3.76. The Morgan fingerprint density at radius 3 is 3.04 bits per heavy atom. The lowest BCUT2D eigenvalue weighted by atomic mass is 10.1. The van der Waals surface area contributed by atoms with Gasteiger partial charge in [0.25, 0.3) is 0 Å². The van der Waals surface area contributed by atoms with Gasteiger partial charge in [0.2, 0.25) is 5.91 Å². The largest absolute Gasteiger partial charge is 0.381 e. The molecule has 2 aromatic rings. The van der Waals surface area contributed by atoms with Crippen molar-refractivity contribution in [2.24, 2.45) is 0 Å². The Labute approximate surface area is 141 Å². The number of nitrogens with zero attached hydrogens (tertiary/aromatic N) is 1. The van der Waals surface area contributed by atoms with Crippen LogP contribution in [0.15, 0.2) is 29.6 Å². The molecule has 1 amide bonds. The summed E-state index contributed by atoms with van der Waals surface area (Å²) >= 11 is 1.79. The number of ether oxygens (including phenoxy) is 1. The summed E-state index contributed by atoms with van der Waals surface area (Å²) in [7, 11) is 0. The molecule has 0 unspecified atom stereocenters. The van der Waals surface area contributed by atoms with Gasteiger partial charge in [-0.05, 0) is 41.3 Å². The standard InChI is InChI=1S/C18H24N2O2S/c1-14(21)19-17-12-20(13-17)7-2-8-22-9-5-15-3-4-18-16(11-15)6-10-23-18/h3-4,6,10-11,17H,2,5,7-9,12-13H2,1H3,(H,19,21). The summed E-state index contributed by atoms with van der Waals surface area (Å²) in [5.74, 6) is 0.0682.